The monoisotopic (exact) mass is 507 g/mol. The van der Waals surface area contributed by atoms with E-state index in [0.29, 0.717) is 17.7 Å². The summed E-state index contributed by atoms with van der Waals surface area (Å²) < 4.78 is 12.3. The predicted molar refractivity (Wildman–Crippen MR) is 149 cm³/mol. The lowest BCUT2D eigenvalue weighted by Crippen LogP contribution is -2.17. The Morgan fingerprint density at radius 1 is 1.00 bits per heavy atom. The van der Waals surface area contributed by atoms with E-state index in [0.717, 1.165) is 33.8 Å². The molecular weight excluding hydrogens is 478 g/mol. The Labute approximate surface area is 222 Å². The lowest BCUT2D eigenvalue weighted by molar-refractivity contribution is -0.142. The third-order valence-corrected chi connectivity index (χ3v) is 5.93. The number of hydrogen-bond acceptors (Lipinski definition) is 5. The van der Waals surface area contributed by atoms with Gasteiger partial charge in [-0.25, -0.2) is 10.2 Å². The first-order valence-corrected chi connectivity index (χ1v) is 12.1. The highest BCUT2D eigenvalue weighted by molar-refractivity contribution is 5.95. The van der Waals surface area contributed by atoms with Crippen LogP contribution in [0.25, 0.3) is 16.9 Å². The van der Waals surface area contributed by atoms with Crippen LogP contribution in [-0.2, 0) is 16.0 Å². The van der Waals surface area contributed by atoms with Crippen molar-refractivity contribution >= 4 is 18.1 Å². The minimum atomic E-state index is -0.462. The Bertz CT molecular complexity index is 1450. The number of hydrogen-bond donors (Lipinski definition) is 1. The largest absolute Gasteiger partial charge is 0.482 e. The van der Waals surface area contributed by atoms with E-state index in [-0.39, 0.29) is 12.5 Å². The van der Waals surface area contributed by atoms with Gasteiger partial charge in [0.2, 0.25) is 0 Å². The third-order valence-electron chi connectivity index (χ3n) is 5.93. The number of esters is 1. The van der Waals surface area contributed by atoms with E-state index in [1.54, 1.807) is 36.6 Å². The van der Waals surface area contributed by atoms with E-state index in [1.165, 1.54) is 7.11 Å². The fourth-order valence-corrected chi connectivity index (χ4v) is 4.04. The summed E-state index contributed by atoms with van der Waals surface area (Å²) in [5.74, 6) is -0.217. The van der Waals surface area contributed by atoms with Gasteiger partial charge in [-0.1, -0.05) is 36.4 Å². The van der Waals surface area contributed by atoms with Crippen LogP contribution >= 0.6 is 0 Å². The van der Waals surface area contributed by atoms with E-state index < -0.39 is 5.97 Å². The molecule has 1 heterocycles. The molecular formula is C31H29N3O4. The molecule has 0 unspecified atom stereocenters. The van der Waals surface area contributed by atoms with Crippen LogP contribution in [0.1, 0.15) is 27.2 Å². The quantitative estimate of drug-likeness (QED) is 0.133. The Hall–Kier alpha value is -4.91. The second kappa shape index (κ2) is 12.4. The van der Waals surface area contributed by atoms with Crippen LogP contribution in [0.5, 0.6) is 5.75 Å². The normalized spacial score (nSPS) is 10.8. The molecule has 4 rings (SSSR count). The van der Waals surface area contributed by atoms with E-state index >= 15 is 0 Å². The first kappa shape index (κ1) is 26.2. The second-order valence-corrected chi connectivity index (χ2v) is 8.53. The molecule has 7 heteroatoms. The van der Waals surface area contributed by atoms with E-state index in [9.17, 15) is 9.59 Å². The smallest absolute Gasteiger partial charge is 0.343 e. The van der Waals surface area contributed by atoms with Crippen LogP contribution in [0.2, 0.25) is 0 Å². The maximum atomic E-state index is 12.7. The Morgan fingerprint density at radius 2 is 1.76 bits per heavy atom. The number of aromatic nitrogens is 1. The van der Waals surface area contributed by atoms with E-state index in [4.69, 9.17) is 4.74 Å². The van der Waals surface area contributed by atoms with Gasteiger partial charge in [0.1, 0.15) is 5.75 Å². The summed E-state index contributed by atoms with van der Waals surface area (Å²) in [6.07, 6.45) is 3.84. The summed E-state index contributed by atoms with van der Waals surface area (Å²) in [5.41, 5.74) is 8.95. The van der Waals surface area contributed by atoms with Gasteiger partial charge < -0.3 is 14.0 Å². The van der Waals surface area contributed by atoms with Gasteiger partial charge in [-0.15, -0.1) is 6.58 Å². The zero-order valence-electron chi connectivity index (χ0n) is 21.4. The van der Waals surface area contributed by atoms with Crippen LogP contribution in [0.4, 0.5) is 0 Å². The SMILES string of the molecule is C=CCc1cc(/C=N/NC(=O)c2ccc(-n3c(C)ccc3-c3ccccc3)cc2)ccc1OCC(=O)OC. The first-order valence-electron chi connectivity index (χ1n) is 12.1. The van der Waals surface area contributed by atoms with E-state index in [2.05, 4.69) is 57.6 Å². The van der Waals surface area contributed by atoms with Crippen molar-refractivity contribution in [3.8, 4) is 22.7 Å². The number of nitrogens with one attached hydrogen (secondary N) is 1. The fraction of sp³-hybridized carbons (Fsp3) is 0.129. The molecule has 0 saturated carbocycles. The predicted octanol–water partition coefficient (Wildman–Crippen LogP) is 5.50. The molecule has 1 N–H and O–H groups in total. The van der Waals surface area contributed by atoms with Gasteiger partial charge in [0.15, 0.2) is 6.61 Å². The summed E-state index contributed by atoms with van der Waals surface area (Å²) in [5, 5.41) is 4.11. The number of allylic oxidation sites excluding steroid dienone is 1. The molecule has 1 aromatic heterocycles. The molecule has 0 aliphatic carbocycles. The van der Waals surface area contributed by atoms with E-state index in [1.807, 2.05) is 36.4 Å². The Balaban J connectivity index is 1.43. The Morgan fingerprint density at radius 3 is 2.47 bits per heavy atom. The molecule has 0 saturated heterocycles. The van der Waals surface area contributed by atoms with Gasteiger partial charge in [0, 0.05) is 16.9 Å². The lowest BCUT2D eigenvalue weighted by Gasteiger charge is -2.12. The van der Waals surface area contributed by atoms with Crippen molar-refractivity contribution in [3.63, 3.8) is 0 Å². The van der Waals surface area contributed by atoms with Gasteiger partial charge in [-0.3, -0.25) is 4.79 Å². The molecule has 0 bridgehead atoms. The third kappa shape index (κ3) is 6.25. The molecule has 0 atom stereocenters. The summed E-state index contributed by atoms with van der Waals surface area (Å²) in [4.78, 5) is 24.1. The summed E-state index contributed by atoms with van der Waals surface area (Å²) in [7, 11) is 1.31. The molecule has 0 radical (unpaired) electrons. The number of nitrogens with zero attached hydrogens (tertiary/aromatic N) is 2. The number of benzene rings is 3. The number of amides is 1. The maximum absolute atomic E-state index is 12.7. The highest BCUT2D eigenvalue weighted by atomic mass is 16.6. The van der Waals surface area contributed by atoms with Gasteiger partial charge in [0.25, 0.3) is 5.91 Å². The van der Waals surface area contributed by atoms with Crippen LogP contribution in [0.3, 0.4) is 0 Å². The molecule has 38 heavy (non-hydrogen) atoms. The molecule has 7 nitrogen and oxygen atoms in total. The van der Waals surface area contributed by atoms with Crippen molar-refractivity contribution in [2.24, 2.45) is 5.10 Å². The minimum absolute atomic E-state index is 0.180. The molecule has 0 fully saturated rings. The van der Waals surface area contributed by atoms with Crippen molar-refractivity contribution < 1.29 is 19.1 Å². The van der Waals surface area contributed by atoms with Gasteiger partial charge >= 0.3 is 5.97 Å². The van der Waals surface area contributed by atoms with Crippen LogP contribution in [0.15, 0.2) is 103 Å². The second-order valence-electron chi connectivity index (χ2n) is 8.53. The van der Waals surface area contributed by atoms with Crippen LogP contribution in [-0.4, -0.2) is 36.4 Å². The molecule has 0 aliphatic rings. The summed E-state index contributed by atoms with van der Waals surface area (Å²) in [6.45, 7) is 5.64. The molecule has 192 valence electrons. The van der Waals surface area contributed by atoms with Crippen molar-refractivity contribution in [3.05, 3.63) is 120 Å². The molecule has 4 aromatic rings. The number of aryl methyl sites for hydroxylation is 1. The van der Waals surface area contributed by atoms with Crippen LogP contribution in [0, 0.1) is 6.92 Å². The molecule has 0 aliphatic heterocycles. The maximum Gasteiger partial charge on any atom is 0.343 e. The van der Waals surface area contributed by atoms with Crippen molar-refractivity contribution in [2.75, 3.05) is 13.7 Å². The first-order chi connectivity index (χ1) is 18.5. The number of carbonyl (C=O) groups excluding carboxylic acids is 2. The topological polar surface area (TPSA) is 81.9 Å². The zero-order chi connectivity index (χ0) is 26.9. The molecule has 1 amide bonds. The fourth-order valence-electron chi connectivity index (χ4n) is 4.04. The highest BCUT2D eigenvalue weighted by Crippen LogP contribution is 2.26. The van der Waals surface area contributed by atoms with Crippen molar-refractivity contribution in [1.82, 2.24) is 9.99 Å². The van der Waals surface area contributed by atoms with Crippen molar-refractivity contribution in [1.29, 1.82) is 0 Å². The van der Waals surface area contributed by atoms with Gasteiger partial charge in [-0.2, -0.15) is 5.10 Å². The molecule has 0 spiro atoms. The number of hydrazone groups is 1. The number of rotatable bonds is 10. The molecule has 3 aromatic carbocycles. The van der Waals surface area contributed by atoms with Crippen molar-refractivity contribution in [2.45, 2.75) is 13.3 Å². The zero-order valence-corrected chi connectivity index (χ0v) is 21.4. The number of ether oxygens (including phenoxy) is 2. The Kier molecular flexibility index (Phi) is 8.51. The van der Waals surface area contributed by atoms with Gasteiger partial charge in [-0.05, 0) is 84.6 Å². The number of carbonyl (C=O) groups is 2. The summed E-state index contributed by atoms with van der Waals surface area (Å²) in [6, 6.07) is 27.2. The lowest BCUT2D eigenvalue weighted by atomic mass is 10.1. The number of methoxy groups -OCH3 is 1. The highest BCUT2D eigenvalue weighted by Gasteiger charge is 2.11. The average Bonchev–Trinajstić information content (AvgIpc) is 3.34. The van der Waals surface area contributed by atoms with Gasteiger partial charge in [0.05, 0.1) is 19.0 Å². The van der Waals surface area contributed by atoms with Crippen LogP contribution < -0.4 is 10.2 Å². The minimum Gasteiger partial charge on any atom is -0.482 e. The standard InChI is InChI=1S/C31H29N3O4/c1-4-8-26-19-23(12-18-29(26)38-21-30(35)37-3)20-32-33-31(36)25-13-15-27(16-14-25)34-22(2)11-17-28(34)24-9-6-5-7-10-24/h4-7,9-20H,1,8,21H2,2-3H3,(H,33,36)/b32-20+. The average molecular weight is 508 g/mol. The summed E-state index contributed by atoms with van der Waals surface area (Å²) >= 11 is 0.